The average molecular weight is 639 g/mol. The molecule has 22 N–H and O–H groups in total. The van der Waals surface area contributed by atoms with Gasteiger partial charge in [-0.25, -0.2) is 0 Å². The van der Waals surface area contributed by atoms with Gasteiger partial charge in [-0.2, -0.15) is 0 Å². The van der Waals surface area contributed by atoms with E-state index in [-0.39, 0.29) is 30.2 Å². The van der Waals surface area contributed by atoms with E-state index in [4.69, 9.17) is 45.9 Å². The largest absolute Gasteiger partial charge is 0.330 e. The molecule has 14 nitrogen and oxygen atoms in total. The van der Waals surface area contributed by atoms with Crippen LogP contribution in [0.3, 0.4) is 0 Å². The Balaban J connectivity index is -0.000000243. The van der Waals surface area contributed by atoms with E-state index in [1.54, 1.807) is 0 Å². The molecule has 0 fully saturated rings. The predicted octanol–water partition coefficient (Wildman–Crippen LogP) is -2.95. The first-order chi connectivity index (χ1) is 20.9. The Morgan fingerprint density at radius 3 is 0.886 bits per heavy atom. The summed E-state index contributed by atoms with van der Waals surface area (Å²) in [5.41, 5.74) is 43.7. The van der Waals surface area contributed by atoms with E-state index in [2.05, 4.69) is 31.9 Å². The third kappa shape index (κ3) is 68.6. The second-order valence-electron chi connectivity index (χ2n) is 11.8. The molecule has 0 radical (unpaired) electrons. The molecule has 0 aliphatic heterocycles. The van der Waals surface area contributed by atoms with Crippen LogP contribution in [0.1, 0.15) is 66.7 Å². The molecular weight excluding hydrogens is 556 g/mol. The van der Waals surface area contributed by atoms with Crippen molar-refractivity contribution >= 4 is 0 Å². The number of nitrogens with one attached hydrogen (secondary N) is 6. The van der Waals surface area contributed by atoms with Crippen LogP contribution in [0.4, 0.5) is 0 Å². The van der Waals surface area contributed by atoms with Gasteiger partial charge in [0.1, 0.15) is 0 Å². The molecule has 5 unspecified atom stereocenters. The van der Waals surface area contributed by atoms with Crippen molar-refractivity contribution in [2.75, 3.05) is 98.2 Å². The molecule has 0 aromatic carbocycles. The maximum atomic E-state index is 5.55. The number of hydrogen-bond acceptors (Lipinski definition) is 14. The molecule has 0 bridgehead atoms. The summed E-state index contributed by atoms with van der Waals surface area (Å²) in [7, 11) is 0. The number of unbranched alkanes of at least 4 members (excludes halogenated alkanes) is 3. The van der Waals surface area contributed by atoms with Crippen molar-refractivity contribution in [3.8, 4) is 0 Å². The molecule has 0 spiro atoms. The standard InChI is InChI=1S/C8H22N4.C8H21N3.C7H20N4.C7H19N3/c1-7(9)5-11-3-4-12-6-8(2)10;1-8(10)7-11-6-4-2-3-5-9;1-7(9)6-11-5-4-10-3-2-8;1-7(9)6-10-5-3-2-4-8/h7-8,11-12H,3-6,9-10H2,1-2H3;8,11H,2-7,9-10H2,1H3;7,10-11H,2-6,8-9H2,1H3;7,10H,2-6,8-9H2,1H3. The van der Waals surface area contributed by atoms with Gasteiger partial charge in [0, 0.05) is 102 Å². The molecule has 0 rings (SSSR count). The van der Waals surface area contributed by atoms with Gasteiger partial charge in [0.15, 0.2) is 0 Å². The predicted molar refractivity (Wildman–Crippen MR) is 196 cm³/mol. The van der Waals surface area contributed by atoms with Crippen LogP contribution in [0.25, 0.3) is 0 Å². The van der Waals surface area contributed by atoms with Gasteiger partial charge < -0.3 is 77.8 Å². The van der Waals surface area contributed by atoms with E-state index in [1.807, 2.05) is 34.6 Å². The molecule has 0 aliphatic carbocycles. The fourth-order valence-electron chi connectivity index (χ4n) is 3.19. The zero-order valence-electron chi connectivity index (χ0n) is 29.6. The Hall–Kier alpha value is -0.560. The van der Waals surface area contributed by atoms with Crippen LogP contribution in [0.2, 0.25) is 0 Å². The fraction of sp³-hybridized carbons (Fsp3) is 1.00. The minimum atomic E-state index is 0.235. The third-order valence-corrected chi connectivity index (χ3v) is 5.48. The minimum Gasteiger partial charge on any atom is -0.330 e. The van der Waals surface area contributed by atoms with E-state index < -0.39 is 0 Å². The van der Waals surface area contributed by atoms with Gasteiger partial charge in [0.05, 0.1) is 0 Å². The maximum Gasteiger partial charge on any atom is 0.0136 e. The van der Waals surface area contributed by atoms with Crippen molar-refractivity contribution in [3.63, 3.8) is 0 Å². The second-order valence-corrected chi connectivity index (χ2v) is 11.8. The Kier molecular flexibility index (Phi) is 50.9. The highest BCUT2D eigenvalue weighted by Crippen LogP contribution is 1.90. The summed E-state index contributed by atoms with van der Waals surface area (Å²) in [6.07, 6.45) is 5.83. The van der Waals surface area contributed by atoms with Gasteiger partial charge in [-0.15, -0.1) is 0 Å². The summed E-state index contributed by atoms with van der Waals surface area (Å²) in [4.78, 5) is 0. The summed E-state index contributed by atoms with van der Waals surface area (Å²) in [5, 5.41) is 19.4. The van der Waals surface area contributed by atoms with Crippen molar-refractivity contribution in [1.29, 1.82) is 0 Å². The Labute approximate surface area is 272 Å². The number of hydrogen-bond donors (Lipinski definition) is 14. The summed E-state index contributed by atoms with van der Waals surface area (Å²) in [6, 6.07) is 1.24. The Morgan fingerprint density at radius 1 is 0.318 bits per heavy atom. The molecular formula is C30H82N14. The summed E-state index contributed by atoms with van der Waals surface area (Å²) in [5.74, 6) is 0. The van der Waals surface area contributed by atoms with Gasteiger partial charge in [-0.05, 0) is 86.5 Å². The average Bonchev–Trinajstić information content (AvgIpc) is 2.95. The summed E-state index contributed by atoms with van der Waals surface area (Å²) < 4.78 is 0. The van der Waals surface area contributed by atoms with Crippen LogP contribution in [-0.4, -0.2) is 128 Å². The Bertz CT molecular complexity index is 437. The van der Waals surface area contributed by atoms with Crippen LogP contribution in [0, 0.1) is 0 Å². The van der Waals surface area contributed by atoms with Crippen molar-refractivity contribution in [3.05, 3.63) is 0 Å². The first kappa shape index (κ1) is 50.3. The molecule has 0 aliphatic rings. The summed E-state index contributed by atoms with van der Waals surface area (Å²) >= 11 is 0. The van der Waals surface area contributed by atoms with Crippen molar-refractivity contribution in [1.82, 2.24) is 31.9 Å². The normalized spacial score (nSPS) is 14.1. The molecule has 0 saturated heterocycles. The van der Waals surface area contributed by atoms with E-state index in [0.717, 1.165) is 111 Å². The van der Waals surface area contributed by atoms with Crippen molar-refractivity contribution < 1.29 is 0 Å². The van der Waals surface area contributed by atoms with Gasteiger partial charge in [-0.1, -0.05) is 6.42 Å². The summed E-state index contributed by atoms with van der Waals surface area (Å²) in [6.45, 7) is 23.6. The molecule has 44 heavy (non-hydrogen) atoms. The molecule has 0 saturated carbocycles. The second kappa shape index (κ2) is 44.6. The van der Waals surface area contributed by atoms with Gasteiger partial charge in [0.2, 0.25) is 0 Å². The van der Waals surface area contributed by atoms with E-state index >= 15 is 0 Å². The van der Waals surface area contributed by atoms with Gasteiger partial charge >= 0.3 is 0 Å². The first-order valence-corrected chi connectivity index (χ1v) is 17.1. The lowest BCUT2D eigenvalue weighted by molar-refractivity contribution is 0.555. The van der Waals surface area contributed by atoms with Crippen LogP contribution in [0.5, 0.6) is 0 Å². The van der Waals surface area contributed by atoms with Crippen LogP contribution in [0.15, 0.2) is 0 Å². The van der Waals surface area contributed by atoms with Gasteiger partial charge in [-0.3, -0.25) is 0 Å². The quantitative estimate of drug-likeness (QED) is 0.0401. The zero-order chi connectivity index (χ0) is 34.3. The molecule has 272 valence electrons. The van der Waals surface area contributed by atoms with E-state index in [1.165, 1.54) is 12.8 Å². The van der Waals surface area contributed by atoms with E-state index in [9.17, 15) is 0 Å². The monoisotopic (exact) mass is 639 g/mol. The van der Waals surface area contributed by atoms with Gasteiger partial charge in [0.25, 0.3) is 0 Å². The molecule has 14 heteroatoms. The van der Waals surface area contributed by atoms with E-state index in [0.29, 0.717) is 6.54 Å². The van der Waals surface area contributed by atoms with Crippen LogP contribution < -0.4 is 77.8 Å². The number of rotatable bonds is 27. The zero-order valence-corrected chi connectivity index (χ0v) is 29.6. The van der Waals surface area contributed by atoms with Crippen molar-refractivity contribution in [2.45, 2.75) is 96.9 Å². The molecule has 0 amide bonds. The molecule has 5 atom stereocenters. The first-order valence-electron chi connectivity index (χ1n) is 17.1. The highest BCUT2D eigenvalue weighted by molar-refractivity contribution is 4.62. The lowest BCUT2D eigenvalue weighted by Gasteiger charge is -2.09. The fourth-order valence-corrected chi connectivity index (χ4v) is 3.19. The highest BCUT2D eigenvalue weighted by Gasteiger charge is 1.95. The van der Waals surface area contributed by atoms with Crippen LogP contribution in [-0.2, 0) is 0 Å². The van der Waals surface area contributed by atoms with Crippen molar-refractivity contribution in [2.24, 2.45) is 45.9 Å². The topological polar surface area (TPSA) is 280 Å². The molecule has 0 aromatic heterocycles. The molecule has 0 aromatic rings. The lowest BCUT2D eigenvalue weighted by Crippen LogP contribution is -2.38. The lowest BCUT2D eigenvalue weighted by atomic mass is 10.2. The SMILES string of the molecule is CC(N)CNCCCCCN.CC(N)CNCCCCN.CC(N)CNCCNCC(C)N.CC(N)CNCCNCCN. The smallest absolute Gasteiger partial charge is 0.0136 e. The highest BCUT2D eigenvalue weighted by atomic mass is 15.0. The van der Waals surface area contributed by atoms with Crippen LogP contribution >= 0.6 is 0 Å². The minimum absolute atomic E-state index is 0.235. The molecule has 0 heterocycles. The number of nitrogens with two attached hydrogens (primary N) is 8. The third-order valence-electron chi connectivity index (χ3n) is 5.48. The maximum absolute atomic E-state index is 5.55. The Morgan fingerprint density at radius 2 is 0.591 bits per heavy atom.